The fraction of sp³-hybridized carbons (Fsp3) is 0.286. The lowest BCUT2D eigenvalue weighted by Gasteiger charge is -2.12. The largest absolute Gasteiger partial charge is 0.480 e. The summed E-state index contributed by atoms with van der Waals surface area (Å²) >= 11 is 0. The Bertz CT molecular complexity index is 558. The highest BCUT2D eigenvalue weighted by molar-refractivity contribution is 5.85. The number of alkyl halides is 3. The third-order valence-corrected chi connectivity index (χ3v) is 2.60. The zero-order valence-corrected chi connectivity index (χ0v) is 10.8. The van der Waals surface area contributed by atoms with Crippen LogP contribution in [0.2, 0.25) is 0 Å². The zero-order valence-electron chi connectivity index (χ0n) is 10.8. The standard InChI is InChI=1S/C14H12F3NO3/c1-2-3-11(13(20)21)18-12(19)8-9-4-6-10(7-5-9)14(15,16)17/h1,4-7,11H,3,8H2,(H,18,19)(H,20,21)/t11-/m0/s1. The van der Waals surface area contributed by atoms with Crippen LogP contribution in [0.1, 0.15) is 17.5 Å². The van der Waals surface area contributed by atoms with Crippen LogP contribution in [-0.4, -0.2) is 23.0 Å². The molecule has 1 amide bonds. The number of terminal acetylenes is 1. The van der Waals surface area contributed by atoms with Gasteiger partial charge in [0.05, 0.1) is 12.0 Å². The van der Waals surface area contributed by atoms with Gasteiger partial charge in [-0.3, -0.25) is 4.79 Å². The first-order valence-corrected chi connectivity index (χ1v) is 5.86. The van der Waals surface area contributed by atoms with Gasteiger partial charge in [0.2, 0.25) is 5.91 Å². The molecule has 21 heavy (non-hydrogen) atoms. The van der Waals surface area contributed by atoms with Crippen molar-refractivity contribution in [1.29, 1.82) is 0 Å². The van der Waals surface area contributed by atoms with Gasteiger partial charge in [-0.2, -0.15) is 13.2 Å². The van der Waals surface area contributed by atoms with E-state index in [1.54, 1.807) is 0 Å². The van der Waals surface area contributed by atoms with E-state index in [0.717, 1.165) is 12.1 Å². The Kier molecular flexibility index (Phi) is 5.36. The number of benzene rings is 1. The van der Waals surface area contributed by atoms with E-state index in [2.05, 4.69) is 11.2 Å². The number of carboxylic acid groups (broad SMARTS) is 1. The molecule has 1 rings (SSSR count). The van der Waals surface area contributed by atoms with Crippen LogP contribution in [0, 0.1) is 12.3 Å². The van der Waals surface area contributed by atoms with Crippen LogP contribution >= 0.6 is 0 Å². The van der Waals surface area contributed by atoms with Gasteiger partial charge in [-0.15, -0.1) is 12.3 Å². The van der Waals surface area contributed by atoms with Crippen molar-refractivity contribution in [3.8, 4) is 12.3 Å². The SMILES string of the molecule is C#CC[C@H](NC(=O)Cc1ccc(C(F)(F)F)cc1)C(=O)O. The molecular weight excluding hydrogens is 287 g/mol. The van der Waals surface area contributed by atoms with Crippen LogP contribution < -0.4 is 5.32 Å². The highest BCUT2D eigenvalue weighted by Crippen LogP contribution is 2.29. The summed E-state index contributed by atoms with van der Waals surface area (Å²) in [6.07, 6.45) is 0.137. The smallest absolute Gasteiger partial charge is 0.416 e. The van der Waals surface area contributed by atoms with Gasteiger partial charge in [-0.25, -0.2) is 4.79 Å². The van der Waals surface area contributed by atoms with Crippen LogP contribution in [-0.2, 0) is 22.2 Å². The van der Waals surface area contributed by atoms with Gasteiger partial charge in [-0.1, -0.05) is 12.1 Å². The first kappa shape index (κ1) is 16.6. The molecule has 0 saturated carbocycles. The molecule has 1 aromatic carbocycles. The number of carboxylic acids is 1. The summed E-state index contributed by atoms with van der Waals surface area (Å²) in [5.41, 5.74) is -0.479. The first-order chi connectivity index (χ1) is 9.74. The van der Waals surface area contributed by atoms with Gasteiger partial charge in [0, 0.05) is 6.42 Å². The number of hydrogen-bond donors (Lipinski definition) is 2. The van der Waals surface area contributed by atoms with Gasteiger partial charge in [0.15, 0.2) is 0 Å². The number of hydrogen-bond acceptors (Lipinski definition) is 2. The van der Waals surface area contributed by atoms with Gasteiger partial charge < -0.3 is 10.4 Å². The number of amides is 1. The Morgan fingerprint density at radius 1 is 1.29 bits per heavy atom. The molecule has 0 aliphatic carbocycles. The van der Waals surface area contributed by atoms with E-state index < -0.39 is 29.7 Å². The molecular formula is C14H12F3NO3. The summed E-state index contributed by atoms with van der Waals surface area (Å²) in [4.78, 5) is 22.4. The summed E-state index contributed by atoms with van der Waals surface area (Å²) in [7, 11) is 0. The van der Waals surface area contributed by atoms with E-state index in [1.807, 2.05) is 0 Å². The van der Waals surface area contributed by atoms with Crippen molar-refractivity contribution in [2.45, 2.75) is 25.1 Å². The molecule has 2 N–H and O–H groups in total. The van der Waals surface area contributed by atoms with Crippen LogP contribution in [0.25, 0.3) is 0 Å². The van der Waals surface area contributed by atoms with E-state index in [1.165, 1.54) is 12.1 Å². The van der Waals surface area contributed by atoms with Crippen molar-refractivity contribution in [3.63, 3.8) is 0 Å². The van der Waals surface area contributed by atoms with Gasteiger partial charge in [0.25, 0.3) is 0 Å². The molecule has 0 unspecified atom stereocenters. The third-order valence-electron chi connectivity index (χ3n) is 2.60. The van der Waals surface area contributed by atoms with E-state index in [9.17, 15) is 22.8 Å². The maximum absolute atomic E-state index is 12.4. The van der Waals surface area contributed by atoms with Crippen molar-refractivity contribution >= 4 is 11.9 Å². The van der Waals surface area contributed by atoms with Crippen molar-refractivity contribution < 1.29 is 27.9 Å². The number of rotatable bonds is 5. The molecule has 112 valence electrons. The third kappa shape index (κ3) is 5.18. The molecule has 0 aliphatic heterocycles. The summed E-state index contributed by atoms with van der Waals surface area (Å²) in [6.45, 7) is 0. The molecule has 1 aromatic rings. The second-order valence-electron chi connectivity index (χ2n) is 4.24. The van der Waals surface area contributed by atoms with Crippen molar-refractivity contribution in [2.75, 3.05) is 0 Å². The number of aliphatic carboxylic acids is 1. The molecule has 0 spiro atoms. The zero-order chi connectivity index (χ0) is 16.0. The van der Waals surface area contributed by atoms with Gasteiger partial charge >= 0.3 is 12.1 Å². The Morgan fingerprint density at radius 3 is 2.29 bits per heavy atom. The molecule has 0 radical (unpaired) electrons. The Balaban J connectivity index is 2.67. The topological polar surface area (TPSA) is 66.4 Å². The average Bonchev–Trinajstić information content (AvgIpc) is 2.37. The highest BCUT2D eigenvalue weighted by atomic mass is 19.4. The van der Waals surface area contributed by atoms with Crippen molar-refractivity contribution in [2.24, 2.45) is 0 Å². The Morgan fingerprint density at radius 2 is 1.86 bits per heavy atom. The van der Waals surface area contributed by atoms with E-state index in [-0.39, 0.29) is 12.8 Å². The van der Waals surface area contributed by atoms with Crippen LogP contribution in [0.15, 0.2) is 24.3 Å². The van der Waals surface area contributed by atoms with Crippen molar-refractivity contribution in [3.05, 3.63) is 35.4 Å². The lowest BCUT2D eigenvalue weighted by atomic mass is 10.1. The predicted octanol–water partition coefficient (Wildman–Crippen LogP) is 1.84. The normalized spacial score (nSPS) is 12.3. The minimum absolute atomic E-state index is 0.173. The maximum Gasteiger partial charge on any atom is 0.416 e. The Hall–Kier alpha value is -2.49. The summed E-state index contributed by atoms with van der Waals surface area (Å²) in [6, 6.07) is 2.84. The fourth-order valence-electron chi connectivity index (χ4n) is 1.56. The molecule has 0 saturated heterocycles. The quantitative estimate of drug-likeness (QED) is 0.815. The number of halogens is 3. The highest BCUT2D eigenvalue weighted by Gasteiger charge is 2.30. The molecule has 1 atom stereocenters. The molecule has 7 heteroatoms. The monoisotopic (exact) mass is 299 g/mol. The minimum atomic E-state index is -4.44. The number of nitrogens with one attached hydrogen (secondary N) is 1. The summed E-state index contributed by atoms with van der Waals surface area (Å²) in [5, 5.41) is 11.0. The second kappa shape index (κ2) is 6.79. The first-order valence-electron chi connectivity index (χ1n) is 5.86. The maximum atomic E-state index is 12.4. The Labute approximate surface area is 119 Å². The molecule has 0 aromatic heterocycles. The summed E-state index contributed by atoms with van der Waals surface area (Å²) < 4.78 is 37.1. The lowest BCUT2D eigenvalue weighted by molar-refractivity contribution is -0.141. The van der Waals surface area contributed by atoms with Crippen molar-refractivity contribution in [1.82, 2.24) is 5.32 Å². The second-order valence-corrected chi connectivity index (χ2v) is 4.24. The van der Waals surface area contributed by atoms with Gasteiger partial charge in [0.1, 0.15) is 6.04 Å². The van der Waals surface area contributed by atoms with Crippen LogP contribution in [0.3, 0.4) is 0 Å². The fourth-order valence-corrected chi connectivity index (χ4v) is 1.56. The molecule has 0 heterocycles. The summed E-state index contributed by atoms with van der Waals surface area (Å²) in [5.74, 6) is 0.225. The van der Waals surface area contributed by atoms with Crippen LogP contribution in [0.4, 0.5) is 13.2 Å². The lowest BCUT2D eigenvalue weighted by Crippen LogP contribution is -2.41. The number of carbonyl (C=O) groups is 2. The molecule has 4 nitrogen and oxygen atoms in total. The van der Waals surface area contributed by atoms with E-state index >= 15 is 0 Å². The van der Waals surface area contributed by atoms with Crippen LogP contribution in [0.5, 0.6) is 0 Å². The van der Waals surface area contributed by atoms with E-state index in [4.69, 9.17) is 11.5 Å². The average molecular weight is 299 g/mol. The number of carbonyl (C=O) groups excluding carboxylic acids is 1. The molecule has 0 bridgehead atoms. The van der Waals surface area contributed by atoms with Gasteiger partial charge in [-0.05, 0) is 17.7 Å². The predicted molar refractivity (Wildman–Crippen MR) is 68.2 cm³/mol. The van der Waals surface area contributed by atoms with E-state index in [0.29, 0.717) is 5.56 Å². The minimum Gasteiger partial charge on any atom is -0.480 e. The molecule has 0 fully saturated rings. The molecule has 0 aliphatic rings.